The second-order valence-corrected chi connectivity index (χ2v) is 8.40. The van der Waals surface area contributed by atoms with E-state index in [9.17, 15) is 9.59 Å². The molecule has 1 saturated heterocycles. The highest BCUT2D eigenvalue weighted by Gasteiger charge is 2.43. The third kappa shape index (κ3) is 6.32. The van der Waals surface area contributed by atoms with Crippen LogP contribution in [0.25, 0.3) is 0 Å². The van der Waals surface area contributed by atoms with E-state index in [1.54, 1.807) is 20.8 Å². The van der Waals surface area contributed by atoms with E-state index >= 15 is 0 Å². The van der Waals surface area contributed by atoms with Crippen LogP contribution in [0.1, 0.15) is 38.3 Å². The Morgan fingerprint density at radius 3 is 2.07 bits per heavy atom. The highest BCUT2D eigenvalue weighted by atomic mass is 16.6. The van der Waals surface area contributed by atoms with E-state index in [0.717, 1.165) is 11.1 Å². The zero-order valence-electron chi connectivity index (χ0n) is 17.7. The Labute approximate surface area is 177 Å². The Morgan fingerprint density at radius 2 is 1.50 bits per heavy atom. The Balaban J connectivity index is 1.64. The van der Waals surface area contributed by atoms with Gasteiger partial charge in [-0.25, -0.2) is 9.59 Å². The molecule has 2 aromatic rings. The van der Waals surface area contributed by atoms with Gasteiger partial charge in [-0.15, -0.1) is 0 Å². The summed E-state index contributed by atoms with van der Waals surface area (Å²) in [6, 6.07) is 18.5. The number of rotatable bonds is 6. The highest BCUT2D eigenvalue weighted by molar-refractivity contribution is 5.82. The molecular formula is C24H29NO5. The number of hydrogen-bond acceptors (Lipinski definition) is 5. The molecule has 2 unspecified atom stereocenters. The Bertz CT molecular complexity index is 832. The third-order valence-electron chi connectivity index (χ3n) is 4.72. The SMILES string of the molecule is CC(C)(C)OC(=O)N1CC(OCc2ccccc2)CC1C(=O)OCc1ccccc1. The quantitative estimate of drug-likeness (QED) is 0.662. The predicted octanol–water partition coefficient (Wildman–Crippen LogP) is 4.32. The van der Waals surface area contributed by atoms with Crippen LogP contribution in [0.5, 0.6) is 0 Å². The number of amides is 1. The van der Waals surface area contributed by atoms with Crippen molar-refractivity contribution in [3.8, 4) is 0 Å². The maximum atomic E-state index is 12.8. The van der Waals surface area contributed by atoms with Gasteiger partial charge in [-0.05, 0) is 31.9 Å². The molecule has 30 heavy (non-hydrogen) atoms. The molecule has 0 spiro atoms. The first kappa shape index (κ1) is 21.8. The van der Waals surface area contributed by atoms with E-state index in [1.165, 1.54) is 4.90 Å². The molecular weight excluding hydrogens is 382 g/mol. The summed E-state index contributed by atoms with van der Waals surface area (Å²) in [4.78, 5) is 26.9. The average molecular weight is 411 g/mol. The Kier molecular flexibility index (Phi) is 7.11. The number of esters is 1. The van der Waals surface area contributed by atoms with Crippen molar-refractivity contribution in [1.29, 1.82) is 0 Å². The fraction of sp³-hybridized carbons (Fsp3) is 0.417. The maximum absolute atomic E-state index is 12.8. The van der Waals surface area contributed by atoms with Gasteiger partial charge in [-0.3, -0.25) is 4.90 Å². The van der Waals surface area contributed by atoms with Crippen LogP contribution in [-0.4, -0.2) is 41.3 Å². The van der Waals surface area contributed by atoms with Gasteiger partial charge in [0.25, 0.3) is 0 Å². The number of nitrogens with zero attached hydrogens (tertiary/aromatic N) is 1. The number of ether oxygens (including phenoxy) is 3. The van der Waals surface area contributed by atoms with Crippen molar-refractivity contribution in [2.45, 2.75) is 58.2 Å². The van der Waals surface area contributed by atoms with Gasteiger partial charge in [-0.1, -0.05) is 60.7 Å². The predicted molar refractivity (Wildman–Crippen MR) is 113 cm³/mol. The Morgan fingerprint density at radius 1 is 0.933 bits per heavy atom. The molecule has 1 heterocycles. The van der Waals surface area contributed by atoms with Crippen LogP contribution >= 0.6 is 0 Å². The molecule has 2 aromatic carbocycles. The van der Waals surface area contributed by atoms with Gasteiger partial charge in [0.15, 0.2) is 0 Å². The summed E-state index contributed by atoms with van der Waals surface area (Å²) in [5.41, 5.74) is 1.28. The first-order chi connectivity index (χ1) is 14.3. The van der Waals surface area contributed by atoms with Crippen LogP contribution in [0.4, 0.5) is 4.79 Å². The molecule has 6 heteroatoms. The standard InChI is InChI=1S/C24H29NO5/c1-24(2,3)30-23(27)25-15-20(28-16-18-10-6-4-7-11-18)14-21(25)22(26)29-17-19-12-8-5-9-13-19/h4-13,20-21H,14-17H2,1-3H3. The summed E-state index contributed by atoms with van der Waals surface area (Å²) in [5, 5.41) is 0. The van der Waals surface area contributed by atoms with Crippen LogP contribution in [0, 0.1) is 0 Å². The van der Waals surface area contributed by atoms with Gasteiger partial charge in [0.05, 0.1) is 19.3 Å². The second-order valence-electron chi connectivity index (χ2n) is 8.40. The lowest BCUT2D eigenvalue weighted by Crippen LogP contribution is -2.44. The molecule has 6 nitrogen and oxygen atoms in total. The zero-order valence-corrected chi connectivity index (χ0v) is 17.7. The zero-order chi connectivity index (χ0) is 21.6. The first-order valence-corrected chi connectivity index (χ1v) is 10.2. The van der Waals surface area contributed by atoms with Gasteiger partial charge in [0.1, 0.15) is 18.2 Å². The normalized spacial score (nSPS) is 18.8. The molecule has 2 atom stereocenters. The highest BCUT2D eigenvalue weighted by Crippen LogP contribution is 2.25. The lowest BCUT2D eigenvalue weighted by molar-refractivity contribution is -0.150. The van der Waals surface area contributed by atoms with E-state index in [2.05, 4.69) is 0 Å². The fourth-order valence-corrected chi connectivity index (χ4v) is 3.28. The summed E-state index contributed by atoms with van der Waals surface area (Å²) >= 11 is 0. The minimum Gasteiger partial charge on any atom is -0.459 e. The summed E-state index contributed by atoms with van der Waals surface area (Å²) < 4.78 is 17.0. The molecule has 1 aliphatic heterocycles. The minimum atomic E-state index is -0.732. The smallest absolute Gasteiger partial charge is 0.411 e. The first-order valence-electron chi connectivity index (χ1n) is 10.2. The van der Waals surface area contributed by atoms with E-state index in [4.69, 9.17) is 14.2 Å². The number of benzene rings is 2. The van der Waals surface area contributed by atoms with Gasteiger partial charge < -0.3 is 14.2 Å². The van der Waals surface area contributed by atoms with E-state index in [0.29, 0.717) is 13.0 Å². The van der Waals surface area contributed by atoms with Crippen molar-refractivity contribution in [1.82, 2.24) is 4.90 Å². The number of hydrogen-bond donors (Lipinski definition) is 0. The average Bonchev–Trinajstić information content (AvgIpc) is 3.15. The molecule has 160 valence electrons. The molecule has 1 fully saturated rings. The van der Waals surface area contributed by atoms with Gasteiger partial charge >= 0.3 is 12.1 Å². The van der Waals surface area contributed by atoms with Gasteiger partial charge in [0.2, 0.25) is 0 Å². The van der Waals surface area contributed by atoms with Crippen LogP contribution in [0.15, 0.2) is 60.7 Å². The van der Waals surface area contributed by atoms with Crippen LogP contribution in [0.2, 0.25) is 0 Å². The number of carbonyl (C=O) groups excluding carboxylic acids is 2. The van der Waals surface area contributed by atoms with Crippen LogP contribution in [0.3, 0.4) is 0 Å². The summed E-state index contributed by atoms with van der Waals surface area (Å²) in [5.74, 6) is -0.449. The molecule has 0 aliphatic carbocycles. The van der Waals surface area contributed by atoms with Crippen LogP contribution in [-0.2, 0) is 32.2 Å². The Hall–Kier alpha value is -2.86. The minimum absolute atomic E-state index is 0.161. The lowest BCUT2D eigenvalue weighted by atomic mass is 10.2. The summed E-state index contributed by atoms with van der Waals surface area (Å²) in [6.07, 6.45) is -0.429. The van der Waals surface area contributed by atoms with Crippen molar-refractivity contribution in [3.63, 3.8) is 0 Å². The summed E-state index contributed by atoms with van der Waals surface area (Å²) in [6.45, 7) is 6.26. The van der Waals surface area contributed by atoms with Crippen molar-refractivity contribution in [2.75, 3.05) is 6.54 Å². The van der Waals surface area contributed by atoms with Crippen molar-refractivity contribution < 1.29 is 23.8 Å². The van der Waals surface area contributed by atoms with Crippen molar-refractivity contribution >= 4 is 12.1 Å². The second kappa shape index (κ2) is 9.76. The van der Waals surface area contributed by atoms with E-state index in [-0.39, 0.29) is 19.3 Å². The molecule has 0 N–H and O–H groups in total. The van der Waals surface area contributed by atoms with Gasteiger partial charge in [-0.2, -0.15) is 0 Å². The maximum Gasteiger partial charge on any atom is 0.411 e. The van der Waals surface area contributed by atoms with Crippen molar-refractivity contribution in [2.24, 2.45) is 0 Å². The molecule has 1 amide bonds. The largest absolute Gasteiger partial charge is 0.459 e. The molecule has 0 saturated carbocycles. The molecule has 1 aliphatic rings. The molecule has 0 bridgehead atoms. The van der Waals surface area contributed by atoms with E-state index < -0.39 is 23.7 Å². The van der Waals surface area contributed by atoms with Gasteiger partial charge in [0, 0.05) is 6.42 Å². The van der Waals surface area contributed by atoms with E-state index in [1.807, 2.05) is 60.7 Å². The monoisotopic (exact) mass is 411 g/mol. The topological polar surface area (TPSA) is 65.1 Å². The number of carbonyl (C=O) groups is 2. The number of likely N-dealkylation sites (tertiary alicyclic amines) is 1. The van der Waals surface area contributed by atoms with Crippen molar-refractivity contribution in [3.05, 3.63) is 71.8 Å². The summed E-state index contributed by atoms with van der Waals surface area (Å²) in [7, 11) is 0. The third-order valence-corrected chi connectivity index (χ3v) is 4.72. The van der Waals surface area contributed by atoms with Crippen LogP contribution < -0.4 is 0 Å². The molecule has 0 aromatic heterocycles. The fourth-order valence-electron chi connectivity index (χ4n) is 3.28. The lowest BCUT2D eigenvalue weighted by Gasteiger charge is -2.27. The molecule has 0 radical (unpaired) electrons. The molecule has 3 rings (SSSR count).